The third kappa shape index (κ3) is 4.87. The lowest BCUT2D eigenvalue weighted by molar-refractivity contribution is 0.305. The molecule has 3 N–H and O–H groups in total. The van der Waals surface area contributed by atoms with Gasteiger partial charge in [-0.15, -0.1) is 11.3 Å². The normalized spacial score (nSPS) is 10.8. The number of rotatable bonds is 7. The van der Waals surface area contributed by atoms with Gasteiger partial charge >= 0.3 is 0 Å². The minimum Gasteiger partial charge on any atom is -0.497 e. The molecule has 6 nitrogen and oxygen atoms in total. The third-order valence-electron chi connectivity index (χ3n) is 3.39. The number of thiazole rings is 1. The molecule has 1 aromatic heterocycles. The first-order valence-corrected chi connectivity index (χ1v) is 8.95. The number of ether oxygens (including phenoxy) is 2. The monoisotopic (exact) mass is 388 g/mol. The fourth-order valence-corrected chi connectivity index (χ4v) is 2.90. The molecule has 26 heavy (non-hydrogen) atoms. The van der Waals surface area contributed by atoms with Crippen LogP contribution in [-0.2, 0) is 6.61 Å². The summed E-state index contributed by atoms with van der Waals surface area (Å²) in [6, 6.07) is 13.1. The summed E-state index contributed by atoms with van der Waals surface area (Å²) in [4.78, 5) is 4.08. The summed E-state index contributed by atoms with van der Waals surface area (Å²) in [6.07, 6.45) is 1.63. The van der Waals surface area contributed by atoms with Crippen molar-refractivity contribution in [2.24, 2.45) is 5.10 Å². The molecule has 8 heteroatoms. The predicted octanol–water partition coefficient (Wildman–Crippen LogP) is 4.41. The van der Waals surface area contributed by atoms with Crippen LogP contribution < -0.4 is 20.6 Å². The van der Waals surface area contributed by atoms with Crippen molar-refractivity contribution in [1.29, 1.82) is 0 Å². The van der Waals surface area contributed by atoms with E-state index in [1.54, 1.807) is 30.8 Å². The molecule has 0 aliphatic rings. The summed E-state index contributed by atoms with van der Waals surface area (Å²) in [6.45, 7) is 0.399. The quantitative estimate of drug-likeness (QED) is 0.462. The largest absolute Gasteiger partial charge is 0.497 e. The Hall–Kier alpha value is -2.77. The maximum Gasteiger partial charge on any atom is 0.205 e. The van der Waals surface area contributed by atoms with Crippen LogP contribution in [0.15, 0.2) is 52.9 Å². The van der Waals surface area contributed by atoms with Crippen LogP contribution in [0.5, 0.6) is 11.5 Å². The van der Waals surface area contributed by atoms with Gasteiger partial charge in [0.1, 0.15) is 23.9 Å². The minimum absolute atomic E-state index is 0.399. The summed E-state index contributed by atoms with van der Waals surface area (Å²) < 4.78 is 11.1. The van der Waals surface area contributed by atoms with E-state index in [-0.39, 0.29) is 0 Å². The molecule has 134 valence electrons. The number of hydrogen-bond donors (Lipinski definition) is 2. The molecule has 2 aromatic carbocycles. The average Bonchev–Trinajstić information content (AvgIpc) is 3.06. The second-order valence-corrected chi connectivity index (χ2v) is 6.56. The summed E-state index contributed by atoms with van der Waals surface area (Å²) in [5.41, 5.74) is 10.2. The van der Waals surface area contributed by atoms with E-state index in [1.807, 2.05) is 30.3 Å². The Kier molecular flexibility index (Phi) is 5.93. The van der Waals surface area contributed by atoms with Crippen LogP contribution in [0, 0.1) is 0 Å². The Morgan fingerprint density at radius 2 is 2.19 bits per heavy atom. The number of nitrogens with one attached hydrogen (secondary N) is 1. The van der Waals surface area contributed by atoms with Crippen molar-refractivity contribution in [1.82, 2.24) is 4.98 Å². The molecule has 0 spiro atoms. The molecule has 0 aliphatic carbocycles. The van der Waals surface area contributed by atoms with E-state index in [0.717, 1.165) is 16.9 Å². The zero-order chi connectivity index (χ0) is 18.4. The van der Waals surface area contributed by atoms with Gasteiger partial charge in [-0.3, -0.25) is 5.43 Å². The number of nitrogens with zero attached hydrogens (tertiary/aromatic N) is 2. The zero-order valence-electron chi connectivity index (χ0n) is 14.0. The fraction of sp³-hybridized carbons (Fsp3) is 0.111. The second-order valence-electron chi connectivity index (χ2n) is 5.27. The van der Waals surface area contributed by atoms with Gasteiger partial charge in [0.15, 0.2) is 0 Å². The highest BCUT2D eigenvalue weighted by Crippen LogP contribution is 2.23. The lowest BCUT2D eigenvalue weighted by Gasteiger charge is -2.10. The molecule has 3 rings (SSSR count). The van der Waals surface area contributed by atoms with Crippen LogP contribution in [-0.4, -0.2) is 18.3 Å². The van der Waals surface area contributed by atoms with E-state index in [0.29, 0.717) is 28.3 Å². The number of hydrazone groups is 1. The van der Waals surface area contributed by atoms with Gasteiger partial charge in [-0.2, -0.15) is 5.10 Å². The van der Waals surface area contributed by atoms with E-state index < -0.39 is 0 Å². The van der Waals surface area contributed by atoms with Crippen LogP contribution in [0.25, 0.3) is 0 Å². The first-order chi connectivity index (χ1) is 12.6. The molecule has 0 bridgehead atoms. The molecular weight excluding hydrogens is 372 g/mol. The van der Waals surface area contributed by atoms with Gasteiger partial charge < -0.3 is 15.2 Å². The number of anilines is 2. The number of nitrogen functional groups attached to an aromatic ring is 1. The molecule has 0 aliphatic heterocycles. The Morgan fingerprint density at radius 3 is 2.96 bits per heavy atom. The fourth-order valence-electron chi connectivity index (χ4n) is 2.17. The second kappa shape index (κ2) is 8.55. The van der Waals surface area contributed by atoms with Gasteiger partial charge in [-0.1, -0.05) is 23.7 Å². The van der Waals surface area contributed by atoms with Crippen molar-refractivity contribution in [3.05, 3.63) is 64.0 Å². The van der Waals surface area contributed by atoms with Crippen molar-refractivity contribution in [2.45, 2.75) is 6.61 Å². The highest BCUT2D eigenvalue weighted by molar-refractivity contribution is 7.14. The summed E-state index contributed by atoms with van der Waals surface area (Å²) in [5.74, 6) is 1.91. The van der Waals surface area contributed by atoms with Crippen molar-refractivity contribution in [3.63, 3.8) is 0 Å². The van der Waals surface area contributed by atoms with Crippen LogP contribution in [0.2, 0.25) is 5.02 Å². The molecule has 0 fully saturated rings. The Labute approximate surface area is 160 Å². The van der Waals surface area contributed by atoms with Gasteiger partial charge in [0.05, 0.1) is 13.3 Å². The van der Waals surface area contributed by atoms with Gasteiger partial charge in [-0.25, -0.2) is 4.98 Å². The zero-order valence-corrected chi connectivity index (χ0v) is 15.6. The van der Waals surface area contributed by atoms with Crippen molar-refractivity contribution in [3.8, 4) is 11.5 Å². The van der Waals surface area contributed by atoms with Crippen molar-refractivity contribution < 1.29 is 9.47 Å². The molecular formula is C18H17ClN4O2S. The summed E-state index contributed by atoms with van der Waals surface area (Å²) in [5, 5.41) is 7.11. The van der Waals surface area contributed by atoms with Crippen LogP contribution in [0.1, 0.15) is 11.1 Å². The Bertz CT molecular complexity index is 914. The van der Waals surface area contributed by atoms with Crippen molar-refractivity contribution >= 4 is 40.1 Å². The highest BCUT2D eigenvalue weighted by atomic mass is 35.5. The molecule has 0 atom stereocenters. The van der Waals surface area contributed by atoms with Crippen molar-refractivity contribution in [2.75, 3.05) is 18.3 Å². The number of hydrogen-bond acceptors (Lipinski definition) is 7. The average molecular weight is 389 g/mol. The van der Waals surface area contributed by atoms with Gasteiger partial charge in [0.2, 0.25) is 5.13 Å². The van der Waals surface area contributed by atoms with Gasteiger partial charge in [0.25, 0.3) is 0 Å². The van der Waals surface area contributed by atoms with E-state index in [1.165, 1.54) is 11.3 Å². The first-order valence-electron chi connectivity index (χ1n) is 7.69. The molecule has 0 saturated carbocycles. The summed E-state index contributed by atoms with van der Waals surface area (Å²) >= 11 is 7.46. The van der Waals surface area contributed by atoms with E-state index >= 15 is 0 Å². The molecule has 0 unspecified atom stereocenters. The number of methoxy groups -OCH3 is 1. The minimum atomic E-state index is 0.399. The number of nitrogens with two attached hydrogens (primary N) is 1. The first kappa shape index (κ1) is 18.0. The third-order valence-corrected chi connectivity index (χ3v) is 4.39. The van der Waals surface area contributed by atoms with E-state index in [4.69, 9.17) is 26.8 Å². The Morgan fingerprint density at radius 1 is 1.31 bits per heavy atom. The summed E-state index contributed by atoms with van der Waals surface area (Å²) in [7, 11) is 1.64. The van der Waals surface area contributed by atoms with Gasteiger partial charge in [-0.05, 0) is 35.9 Å². The molecule has 1 heterocycles. The Balaban J connectivity index is 1.70. The molecule has 3 aromatic rings. The SMILES string of the molecule is COc1cccc(COc2ccc(Cl)cc2C=NNc2nc(N)cs2)c1. The lowest BCUT2D eigenvalue weighted by atomic mass is 10.2. The number of halogens is 1. The van der Waals surface area contributed by atoms with Crippen LogP contribution >= 0.6 is 22.9 Å². The lowest BCUT2D eigenvalue weighted by Crippen LogP contribution is -1.99. The highest BCUT2D eigenvalue weighted by Gasteiger charge is 2.05. The van der Waals surface area contributed by atoms with Gasteiger partial charge in [0, 0.05) is 16.0 Å². The van der Waals surface area contributed by atoms with E-state index in [2.05, 4.69) is 15.5 Å². The maximum atomic E-state index is 6.09. The number of aromatic nitrogens is 1. The molecule has 0 amide bonds. The van der Waals surface area contributed by atoms with E-state index in [9.17, 15) is 0 Å². The maximum absolute atomic E-state index is 6.09. The van der Waals surface area contributed by atoms with Crippen LogP contribution in [0.3, 0.4) is 0 Å². The molecule has 0 radical (unpaired) electrons. The topological polar surface area (TPSA) is 81.8 Å². The number of benzene rings is 2. The standard InChI is InChI=1S/C18H17ClN4O2S/c1-24-15-4-2-3-12(7-15)10-25-16-6-5-14(19)8-13(16)9-21-23-18-22-17(20)11-26-18/h2-9,11H,10,20H2,1H3,(H,22,23). The van der Waals surface area contributed by atoms with Crippen LogP contribution in [0.4, 0.5) is 10.9 Å². The predicted molar refractivity (Wildman–Crippen MR) is 107 cm³/mol. The smallest absolute Gasteiger partial charge is 0.205 e. The molecule has 0 saturated heterocycles.